The second-order valence-corrected chi connectivity index (χ2v) is 5.01. The third-order valence-corrected chi connectivity index (χ3v) is 3.55. The maximum Gasteiger partial charge on any atom is 0.407 e. The summed E-state index contributed by atoms with van der Waals surface area (Å²) in [6.07, 6.45) is 0.466. The van der Waals surface area contributed by atoms with E-state index in [0.29, 0.717) is 11.6 Å². The number of halogens is 1. The largest absolute Gasteiger partial charge is 0.506 e. The fourth-order valence-corrected chi connectivity index (χ4v) is 2.44. The lowest BCUT2D eigenvalue weighted by atomic mass is 10.2. The number of amides is 1. The molecule has 1 heterocycles. The van der Waals surface area contributed by atoms with E-state index in [1.165, 1.54) is 7.11 Å². The Bertz CT molecular complexity index is 467. The maximum absolute atomic E-state index is 11.1. The van der Waals surface area contributed by atoms with Crippen LogP contribution in [0, 0.1) is 0 Å². The molecule has 1 aliphatic rings. The minimum atomic E-state index is -0.405. The zero-order valence-corrected chi connectivity index (χ0v) is 11.5. The van der Waals surface area contributed by atoms with E-state index in [9.17, 15) is 9.90 Å². The van der Waals surface area contributed by atoms with Crippen molar-refractivity contribution in [2.75, 3.05) is 20.2 Å². The molecule has 1 atom stereocenters. The van der Waals surface area contributed by atoms with E-state index in [2.05, 4.69) is 15.0 Å². The van der Waals surface area contributed by atoms with Crippen molar-refractivity contribution in [3.05, 3.63) is 28.8 Å². The molecule has 2 N–H and O–H groups in total. The molecule has 1 amide bonds. The second-order valence-electron chi connectivity index (χ2n) is 4.60. The van der Waals surface area contributed by atoms with Crippen molar-refractivity contribution in [2.24, 2.45) is 0 Å². The Morgan fingerprint density at radius 1 is 1.63 bits per heavy atom. The summed E-state index contributed by atoms with van der Waals surface area (Å²) in [6.45, 7) is 2.22. The van der Waals surface area contributed by atoms with E-state index in [1.807, 2.05) is 12.1 Å². The molecule has 0 spiro atoms. The molecule has 0 bridgehead atoms. The van der Waals surface area contributed by atoms with Crippen molar-refractivity contribution in [2.45, 2.75) is 19.0 Å². The van der Waals surface area contributed by atoms with Gasteiger partial charge >= 0.3 is 6.09 Å². The summed E-state index contributed by atoms with van der Waals surface area (Å²) in [5.74, 6) is 0.133. The van der Waals surface area contributed by atoms with Gasteiger partial charge in [-0.25, -0.2) is 4.79 Å². The lowest BCUT2D eigenvalue weighted by Crippen LogP contribution is -2.36. The molecule has 1 fully saturated rings. The standard InChI is InChI=1S/C13H17ClN2O3/c1-19-13(18)15-10-5-6-16(8-10)7-9-3-2-4-11(14)12(9)17/h2-4,10,17H,5-8H2,1H3,(H,15,18). The van der Waals surface area contributed by atoms with Gasteiger partial charge in [0.15, 0.2) is 0 Å². The Morgan fingerprint density at radius 3 is 3.16 bits per heavy atom. The van der Waals surface area contributed by atoms with Gasteiger partial charge in [-0.3, -0.25) is 4.90 Å². The summed E-state index contributed by atoms with van der Waals surface area (Å²) in [6, 6.07) is 5.42. The number of benzene rings is 1. The number of phenolic OH excluding ortho intramolecular Hbond substituents is 1. The molecular formula is C13H17ClN2O3. The van der Waals surface area contributed by atoms with Gasteiger partial charge in [0.05, 0.1) is 12.1 Å². The van der Waals surface area contributed by atoms with E-state index in [4.69, 9.17) is 11.6 Å². The van der Waals surface area contributed by atoms with E-state index in [0.717, 1.165) is 25.1 Å². The SMILES string of the molecule is COC(=O)NC1CCN(Cc2cccc(Cl)c2O)C1. The summed E-state index contributed by atoms with van der Waals surface area (Å²) >= 11 is 5.87. The lowest BCUT2D eigenvalue weighted by molar-refractivity contribution is 0.166. The third-order valence-electron chi connectivity index (χ3n) is 3.24. The van der Waals surface area contributed by atoms with Crippen molar-refractivity contribution in [3.63, 3.8) is 0 Å². The average molecular weight is 285 g/mol. The van der Waals surface area contributed by atoms with Gasteiger partial charge in [-0.2, -0.15) is 0 Å². The molecule has 6 heteroatoms. The Kier molecular flexibility index (Phi) is 4.50. The molecule has 104 valence electrons. The first-order valence-corrected chi connectivity index (χ1v) is 6.51. The molecule has 19 heavy (non-hydrogen) atoms. The van der Waals surface area contributed by atoms with Crippen LogP contribution >= 0.6 is 11.6 Å². The van der Waals surface area contributed by atoms with Crippen LogP contribution in [0.2, 0.25) is 5.02 Å². The van der Waals surface area contributed by atoms with Crippen LogP contribution in [0.3, 0.4) is 0 Å². The van der Waals surface area contributed by atoms with Crippen molar-refractivity contribution in [1.29, 1.82) is 0 Å². The van der Waals surface area contributed by atoms with Gasteiger partial charge < -0.3 is 15.2 Å². The lowest BCUT2D eigenvalue weighted by Gasteiger charge is -2.17. The number of ether oxygens (including phenoxy) is 1. The number of nitrogens with one attached hydrogen (secondary N) is 1. The number of para-hydroxylation sites is 1. The fourth-order valence-electron chi connectivity index (χ4n) is 2.25. The molecule has 0 aliphatic carbocycles. The van der Waals surface area contributed by atoms with Gasteiger partial charge in [-0.15, -0.1) is 0 Å². The average Bonchev–Trinajstić information content (AvgIpc) is 2.82. The molecular weight excluding hydrogens is 268 g/mol. The number of phenols is 1. The quantitative estimate of drug-likeness (QED) is 0.891. The van der Waals surface area contributed by atoms with Crippen LogP contribution in [0.4, 0.5) is 4.79 Å². The predicted molar refractivity (Wildman–Crippen MR) is 72.3 cm³/mol. The van der Waals surface area contributed by atoms with Crippen molar-refractivity contribution in [3.8, 4) is 5.75 Å². The van der Waals surface area contributed by atoms with Gasteiger partial charge in [-0.1, -0.05) is 23.7 Å². The minimum absolute atomic E-state index is 0.0915. The smallest absolute Gasteiger partial charge is 0.407 e. The van der Waals surface area contributed by atoms with Gasteiger partial charge in [0.25, 0.3) is 0 Å². The van der Waals surface area contributed by atoms with Crippen molar-refractivity contribution < 1.29 is 14.6 Å². The Hall–Kier alpha value is -1.46. The molecule has 0 radical (unpaired) electrons. The van der Waals surface area contributed by atoms with E-state index in [1.54, 1.807) is 6.07 Å². The van der Waals surface area contributed by atoms with Crippen LogP contribution in [-0.4, -0.2) is 42.3 Å². The highest BCUT2D eigenvalue weighted by molar-refractivity contribution is 6.32. The number of aromatic hydroxyl groups is 1. The van der Waals surface area contributed by atoms with Gasteiger partial charge in [0, 0.05) is 31.2 Å². The first-order valence-electron chi connectivity index (χ1n) is 6.13. The normalized spacial score (nSPS) is 19.4. The second kappa shape index (κ2) is 6.12. The maximum atomic E-state index is 11.1. The summed E-state index contributed by atoms with van der Waals surface area (Å²) < 4.78 is 4.57. The number of hydrogen-bond donors (Lipinski definition) is 2. The van der Waals surface area contributed by atoms with Crippen LogP contribution in [0.25, 0.3) is 0 Å². The molecule has 1 aromatic rings. The first-order chi connectivity index (χ1) is 9.10. The number of methoxy groups -OCH3 is 1. The number of carbonyl (C=O) groups excluding carboxylic acids is 1. The number of rotatable bonds is 3. The number of nitrogens with zero attached hydrogens (tertiary/aromatic N) is 1. The number of hydrogen-bond acceptors (Lipinski definition) is 4. The minimum Gasteiger partial charge on any atom is -0.506 e. The molecule has 0 saturated carbocycles. The van der Waals surface area contributed by atoms with Crippen LogP contribution < -0.4 is 5.32 Å². The Balaban J connectivity index is 1.91. The van der Waals surface area contributed by atoms with Gasteiger partial charge in [0.2, 0.25) is 0 Å². The molecule has 0 aromatic heterocycles. The zero-order chi connectivity index (χ0) is 13.8. The van der Waals surface area contributed by atoms with E-state index >= 15 is 0 Å². The van der Waals surface area contributed by atoms with Crippen LogP contribution in [0.5, 0.6) is 5.75 Å². The molecule has 2 rings (SSSR count). The highest BCUT2D eigenvalue weighted by Gasteiger charge is 2.24. The highest BCUT2D eigenvalue weighted by Crippen LogP contribution is 2.28. The molecule has 1 aliphatic heterocycles. The summed E-state index contributed by atoms with van der Waals surface area (Å²) in [7, 11) is 1.35. The molecule has 1 aromatic carbocycles. The fraction of sp³-hybridized carbons (Fsp3) is 0.462. The molecule has 1 saturated heterocycles. The van der Waals surface area contributed by atoms with Crippen LogP contribution in [0.1, 0.15) is 12.0 Å². The van der Waals surface area contributed by atoms with Crippen LogP contribution in [-0.2, 0) is 11.3 Å². The third kappa shape index (κ3) is 3.52. The Morgan fingerprint density at radius 2 is 2.42 bits per heavy atom. The topological polar surface area (TPSA) is 61.8 Å². The monoisotopic (exact) mass is 284 g/mol. The van der Waals surface area contributed by atoms with E-state index < -0.39 is 6.09 Å². The molecule has 5 nitrogen and oxygen atoms in total. The van der Waals surface area contributed by atoms with Gasteiger partial charge in [0.1, 0.15) is 5.75 Å². The summed E-state index contributed by atoms with van der Waals surface area (Å²) in [5, 5.41) is 13.0. The first kappa shape index (κ1) is 14.0. The number of carbonyl (C=O) groups is 1. The van der Waals surface area contributed by atoms with Gasteiger partial charge in [-0.05, 0) is 12.5 Å². The summed E-state index contributed by atoms with van der Waals surface area (Å²) in [4.78, 5) is 13.3. The number of likely N-dealkylation sites (tertiary alicyclic amines) is 1. The predicted octanol–water partition coefficient (Wildman–Crippen LogP) is 1.98. The zero-order valence-electron chi connectivity index (χ0n) is 10.7. The van der Waals surface area contributed by atoms with Crippen molar-refractivity contribution >= 4 is 17.7 Å². The molecule has 1 unspecified atom stereocenters. The number of alkyl carbamates (subject to hydrolysis) is 1. The summed E-state index contributed by atoms with van der Waals surface area (Å²) in [5.41, 5.74) is 0.797. The highest BCUT2D eigenvalue weighted by atomic mass is 35.5. The Labute approximate surface area is 117 Å². The van der Waals surface area contributed by atoms with Crippen LogP contribution in [0.15, 0.2) is 18.2 Å². The van der Waals surface area contributed by atoms with E-state index in [-0.39, 0.29) is 11.8 Å². The van der Waals surface area contributed by atoms with Crippen molar-refractivity contribution in [1.82, 2.24) is 10.2 Å².